The monoisotopic (exact) mass is 381 g/mol. The molecule has 0 bridgehead atoms. The number of amides is 1. The van der Waals surface area contributed by atoms with Gasteiger partial charge >= 0.3 is 0 Å². The van der Waals surface area contributed by atoms with E-state index in [1.165, 1.54) is 11.3 Å². The van der Waals surface area contributed by atoms with Crippen molar-refractivity contribution < 1.29 is 9.53 Å². The molecule has 3 heterocycles. The summed E-state index contributed by atoms with van der Waals surface area (Å²) >= 11 is 1.44. The molecule has 1 aromatic carbocycles. The quantitative estimate of drug-likeness (QED) is 0.723. The van der Waals surface area contributed by atoms with Crippen LogP contribution in [0.25, 0.3) is 11.3 Å². The van der Waals surface area contributed by atoms with Crippen LogP contribution in [0.15, 0.2) is 23.6 Å². The number of nitrogens with zero attached hydrogens (tertiary/aromatic N) is 3. The van der Waals surface area contributed by atoms with Gasteiger partial charge in [0.05, 0.1) is 35.8 Å². The van der Waals surface area contributed by atoms with Crippen LogP contribution >= 0.6 is 11.3 Å². The smallest absolute Gasteiger partial charge is 0.273 e. The first-order chi connectivity index (χ1) is 13.0. The summed E-state index contributed by atoms with van der Waals surface area (Å²) in [5.74, 6) is 0.00852. The standard InChI is InChI=1S/C19H19N5O2S/c1-9-4-5-11(12(6-9)15-8-27-19(24-15)26-3)13-7-14-16(17(25)22-13)10(2)21-18(20)23-14/h4-6,8,13H,7H2,1-3H3,(H,22,25)(H2,20,21,23)/t13-/m1/s1. The molecule has 0 saturated heterocycles. The summed E-state index contributed by atoms with van der Waals surface area (Å²) in [6.45, 7) is 3.80. The van der Waals surface area contributed by atoms with Crippen molar-refractivity contribution in [2.45, 2.75) is 26.3 Å². The first-order valence-corrected chi connectivity index (χ1v) is 9.38. The van der Waals surface area contributed by atoms with Gasteiger partial charge in [-0.15, -0.1) is 0 Å². The zero-order valence-electron chi connectivity index (χ0n) is 15.2. The van der Waals surface area contributed by atoms with Crippen molar-refractivity contribution in [1.29, 1.82) is 0 Å². The van der Waals surface area contributed by atoms with E-state index in [4.69, 9.17) is 10.5 Å². The number of fused-ring (bicyclic) bond motifs is 1. The number of aryl methyl sites for hydroxylation is 2. The third-order valence-corrected chi connectivity index (χ3v) is 5.43. The molecule has 0 saturated carbocycles. The third kappa shape index (κ3) is 3.12. The van der Waals surface area contributed by atoms with E-state index in [2.05, 4.69) is 26.3 Å². The first kappa shape index (κ1) is 17.4. The molecule has 27 heavy (non-hydrogen) atoms. The van der Waals surface area contributed by atoms with E-state index in [-0.39, 0.29) is 17.9 Å². The maximum atomic E-state index is 12.7. The second-order valence-corrected chi connectivity index (χ2v) is 7.33. The Hall–Kier alpha value is -3.00. The van der Waals surface area contributed by atoms with Gasteiger partial charge in [-0.05, 0) is 25.5 Å². The number of hydrogen-bond acceptors (Lipinski definition) is 7. The highest BCUT2D eigenvalue weighted by Gasteiger charge is 2.30. The molecule has 0 radical (unpaired) electrons. The lowest BCUT2D eigenvalue weighted by Gasteiger charge is -2.27. The number of nitrogens with two attached hydrogens (primary N) is 1. The van der Waals surface area contributed by atoms with Crippen LogP contribution in [-0.4, -0.2) is 28.0 Å². The van der Waals surface area contributed by atoms with E-state index >= 15 is 0 Å². The molecule has 3 N–H and O–H groups in total. The molecule has 0 fully saturated rings. The van der Waals surface area contributed by atoms with Crippen LogP contribution in [0.5, 0.6) is 5.19 Å². The van der Waals surface area contributed by atoms with E-state index in [1.807, 2.05) is 24.4 Å². The molecule has 8 heteroatoms. The first-order valence-electron chi connectivity index (χ1n) is 8.50. The third-order valence-electron chi connectivity index (χ3n) is 4.63. The van der Waals surface area contributed by atoms with Crippen LogP contribution in [-0.2, 0) is 6.42 Å². The van der Waals surface area contributed by atoms with Crippen LogP contribution in [0, 0.1) is 13.8 Å². The van der Waals surface area contributed by atoms with Crippen molar-refractivity contribution in [2.75, 3.05) is 12.8 Å². The second kappa shape index (κ2) is 6.62. The SMILES string of the molecule is COc1nc(-c2cc(C)ccc2[C@H]2Cc3nc(N)nc(C)c3C(=O)N2)cs1. The van der Waals surface area contributed by atoms with Crippen LogP contribution < -0.4 is 15.8 Å². The van der Waals surface area contributed by atoms with Gasteiger partial charge in [0.2, 0.25) is 5.95 Å². The molecule has 0 spiro atoms. The highest BCUT2D eigenvalue weighted by Crippen LogP contribution is 2.35. The number of carbonyl (C=O) groups excluding carboxylic acids is 1. The highest BCUT2D eigenvalue weighted by atomic mass is 32.1. The Bertz CT molecular complexity index is 1050. The fourth-order valence-corrected chi connectivity index (χ4v) is 4.07. The van der Waals surface area contributed by atoms with E-state index in [0.29, 0.717) is 28.6 Å². The van der Waals surface area contributed by atoms with E-state index in [0.717, 1.165) is 22.4 Å². The molecular formula is C19H19N5O2S. The van der Waals surface area contributed by atoms with Crippen molar-refractivity contribution in [1.82, 2.24) is 20.3 Å². The lowest BCUT2D eigenvalue weighted by atomic mass is 9.90. The summed E-state index contributed by atoms with van der Waals surface area (Å²) in [5, 5.41) is 5.65. The normalized spacial score (nSPS) is 16.0. The van der Waals surface area contributed by atoms with E-state index < -0.39 is 0 Å². The lowest BCUT2D eigenvalue weighted by molar-refractivity contribution is 0.0922. The molecular weight excluding hydrogens is 362 g/mol. The number of benzene rings is 1. The van der Waals surface area contributed by atoms with E-state index in [1.54, 1.807) is 14.0 Å². The van der Waals surface area contributed by atoms with Gasteiger partial charge in [-0.25, -0.2) is 15.0 Å². The lowest BCUT2D eigenvalue weighted by Crippen LogP contribution is -2.37. The topological polar surface area (TPSA) is 103 Å². The fraction of sp³-hybridized carbons (Fsp3) is 0.263. The van der Waals surface area contributed by atoms with Gasteiger partial charge in [0.15, 0.2) is 0 Å². The average molecular weight is 381 g/mol. The summed E-state index contributed by atoms with van der Waals surface area (Å²) < 4.78 is 5.23. The van der Waals surface area contributed by atoms with Gasteiger partial charge in [-0.1, -0.05) is 29.0 Å². The van der Waals surface area contributed by atoms with Crippen LogP contribution in [0.4, 0.5) is 5.95 Å². The molecule has 4 rings (SSSR count). The number of methoxy groups -OCH3 is 1. The molecule has 1 aliphatic heterocycles. The zero-order valence-corrected chi connectivity index (χ0v) is 16.1. The number of aromatic nitrogens is 3. The number of rotatable bonds is 3. The highest BCUT2D eigenvalue weighted by molar-refractivity contribution is 7.11. The molecule has 0 aliphatic carbocycles. The molecule has 0 unspecified atom stereocenters. The predicted octanol–water partition coefficient (Wildman–Crippen LogP) is 2.83. The minimum Gasteiger partial charge on any atom is -0.473 e. The van der Waals surface area contributed by atoms with Gasteiger partial charge < -0.3 is 15.8 Å². The Kier molecular flexibility index (Phi) is 4.27. The molecule has 1 atom stereocenters. The Morgan fingerprint density at radius 3 is 2.81 bits per heavy atom. The molecule has 7 nitrogen and oxygen atoms in total. The number of carbonyl (C=O) groups is 1. The van der Waals surface area contributed by atoms with Crippen molar-refractivity contribution in [3.8, 4) is 16.5 Å². The van der Waals surface area contributed by atoms with E-state index in [9.17, 15) is 4.79 Å². The van der Waals surface area contributed by atoms with Crippen molar-refractivity contribution >= 4 is 23.2 Å². The van der Waals surface area contributed by atoms with Crippen molar-refractivity contribution in [3.63, 3.8) is 0 Å². The summed E-state index contributed by atoms with van der Waals surface area (Å²) in [6, 6.07) is 5.92. The van der Waals surface area contributed by atoms with Crippen LogP contribution in [0.1, 0.15) is 38.9 Å². The van der Waals surface area contributed by atoms with Crippen molar-refractivity contribution in [3.05, 3.63) is 51.7 Å². The zero-order chi connectivity index (χ0) is 19.1. The molecule has 2 aromatic heterocycles. The second-order valence-electron chi connectivity index (χ2n) is 6.51. The Labute approximate surface area is 160 Å². The van der Waals surface area contributed by atoms with Gasteiger partial charge in [0, 0.05) is 17.4 Å². The minimum atomic E-state index is -0.220. The Balaban J connectivity index is 1.79. The predicted molar refractivity (Wildman–Crippen MR) is 104 cm³/mol. The van der Waals surface area contributed by atoms with Gasteiger partial charge in [-0.3, -0.25) is 4.79 Å². The number of thiazole rings is 1. The molecule has 138 valence electrons. The van der Waals surface area contributed by atoms with Gasteiger partial charge in [0.1, 0.15) is 0 Å². The number of ether oxygens (including phenoxy) is 1. The van der Waals surface area contributed by atoms with Gasteiger partial charge in [0.25, 0.3) is 11.1 Å². The number of nitrogen functional groups attached to an aromatic ring is 1. The Morgan fingerprint density at radius 2 is 2.07 bits per heavy atom. The molecule has 3 aromatic rings. The Morgan fingerprint density at radius 1 is 1.26 bits per heavy atom. The largest absolute Gasteiger partial charge is 0.473 e. The number of nitrogens with one attached hydrogen (secondary N) is 1. The summed E-state index contributed by atoms with van der Waals surface area (Å²) in [7, 11) is 1.60. The average Bonchev–Trinajstić information content (AvgIpc) is 3.09. The summed E-state index contributed by atoms with van der Waals surface area (Å²) in [4.78, 5) is 25.6. The molecule has 1 aliphatic rings. The maximum absolute atomic E-state index is 12.7. The number of hydrogen-bond donors (Lipinski definition) is 2. The van der Waals surface area contributed by atoms with Crippen LogP contribution in [0.2, 0.25) is 0 Å². The number of anilines is 1. The van der Waals surface area contributed by atoms with Gasteiger partial charge in [-0.2, -0.15) is 0 Å². The van der Waals surface area contributed by atoms with Crippen molar-refractivity contribution in [2.24, 2.45) is 0 Å². The summed E-state index contributed by atoms with van der Waals surface area (Å²) in [6.07, 6.45) is 0.548. The maximum Gasteiger partial charge on any atom is 0.273 e. The summed E-state index contributed by atoms with van der Waals surface area (Å²) in [5.41, 5.74) is 11.5. The minimum absolute atomic E-state index is 0.180. The van der Waals surface area contributed by atoms with Crippen LogP contribution in [0.3, 0.4) is 0 Å². The molecule has 1 amide bonds. The fourth-order valence-electron chi connectivity index (χ4n) is 3.43.